The predicted octanol–water partition coefficient (Wildman–Crippen LogP) is 5.75. The summed E-state index contributed by atoms with van der Waals surface area (Å²) in [5.41, 5.74) is 3.31. The second-order valence-electron chi connectivity index (χ2n) is 8.82. The second kappa shape index (κ2) is 8.94. The number of fused-ring (bicyclic) bond motifs is 4. The Balaban J connectivity index is 1.88. The highest BCUT2D eigenvalue weighted by molar-refractivity contribution is 7.81. The Morgan fingerprint density at radius 3 is 2.57 bits per heavy atom. The van der Waals surface area contributed by atoms with E-state index in [0.717, 1.165) is 5.39 Å². The summed E-state index contributed by atoms with van der Waals surface area (Å²) in [7, 11) is -5.20. The van der Waals surface area contributed by atoms with E-state index in [1.807, 2.05) is 25.3 Å². The predicted molar refractivity (Wildman–Crippen MR) is 140 cm³/mol. The first-order valence-corrected chi connectivity index (χ1v) is 12.9. The van der Waals surface area contributed by atoms with Crippen molar-refractivity contribution >= 4 is 43.3 Å². The summed E-state index contributed by atoms with van der Waals surface area (Å²) in [5.74, 6) is 0.219. The van der Waals surface area contributed by atoms with Gasteiger partial charge in [-0.25, -0.2) is 0 Å². The van der Waals surface area contributed by atoms with Crippen LogP contribution in [0.15, 0.2) is 59.4 Å². The van der Waals surface area contributed by atoms with Gasteiger partial charge in [0, 0.05) is 22.5 Å². The van der Waals surface area contributed by atoms with Crippen LogP contribution in [0, 0.1) is 11.3 Å². The van der Waals surface area contributed by atoms with Crippen molar-refractivity contribution in [1.82, 2.24) is 9.55 Å². The number of benzene rings is 3. The smallest absolute Gasteiger partial charge is 0.488 e. The van der Waals surface area contributed by atoms with Gasteiger partial charge in [-0.05, 0) is 62.7 Å². The first-order chi connectivity index (χ1) is 17.6. The van der Waals surface area contributed by atoms with Crippen molar-refractivity contribution in [3.63, 3.8) is 0 Å². The van der Waals surface area contributed by atoms with Crippen molar-refractivity contribution in [3.8, 4) is 28.7 Å². The van der Waals surface area contributed by atoms with E-state index < -0.39 is 10.5 Å². The van der Waals surface area contributed by atoms with Crippen LogP contribution >= 0.6 is 0 Å². The average molecular weight is 520 g/mol. The second-order valence-corrected chi connectivity index (χ2v) is 9.77. The van der Waals surface area contributed by atoms with Gasteiger partial charge in [0.1, 0.15) is 17.1 Å². The monoisotopic (exact) mass is 519 g/mol. The molecule has 0 radical (unpaired) electrons. The molecule has 5 aromatic rings. The van der Waals surface area contributed by atoms with Crippen molar-refractivity contribution in [1.29, 1.82) is 5.26 Å². The molecule has 0 aliphatic carbocycles. The van der Waals surface area contributed by atoms with Crippen LogP contribution in [-0.4, -0.2) is 24.6 Å². The maximum atomic E-state index is 13.8. The van der Waals surface area contributed by atoms with Crippen LogP contribution in [0.2, 0.25) is 0 Å². The molecule has 0 aliphatic heterocycles. The fourth-order valence-corrected chi connectivity index (χ4v) is 5.07. The van der Waals surface area contributed by atoms with Crippen LogP contribution in [0.5, 0.6) is 11.5 Å². The fraction of sp³-hybridized carbons (Fsp3) is 0.185. The summed E-state index contributed by atoms with van der Waals surface area (Å²) in [6, 6.07) is 16.7. The van der Waals surface area contributed by atoms with E-state index in [9.17, 15) is 22.4 Å². The number of nitrogens with zero attached hydrogens (tertiary/aromatic N) is 2. The lowest BCUT2D eigenvalue weighted by Gasteiger charge is -2.19. The van der Waals surface area contributed by atoms with E-state index in [1.165, 1.54) is 12.1 Å². The van der Waals surface area contributed by atoms with E-state index in [2.05, 4.69) is 15.2 Å². The molecule has 188 valence electrons. The number of hydrogen-bond acceptors (Lipinski definition) is 6. The quantitative estimate of drug-likeness (QED) is 0.286. The molecule has 0 bridgehead atoms. The van der Waals surface area contributed by atoms with Crippen LogP contribution in [-0.2, 0) is 10.5 Å². The Hall–Kier alpha value is -4.36. The van der Waals surface area contributed by atoms with Gasteiger partial charge < -0.3 is 18.5 Å². The Morgan fingerprint density at radius 2 is 1.89 bits per heavy atom. The summed E-state index contributed by atoms with van der Waals surface area (Å²) >= 11 is 0. The van der Waals surface area contributed by atoms with Crippen molar-refractivity contribution in [2.75, 3.05) is 6.61 Å². The molecule has 0 saturated carbocycles. The number of rotatable bonds is 6. The molecular formula is C27H22FN3O5S. The minimum atomic E-state index is -5.20. The SMILES string of the molecule is CCOc1cc2c(=O)c3c4ccc(C#N)cc4[nH]c3n(C(C)C)c2cc1-c1cccc(OS(=O)(=O)F)c1. The average Bonchev–Trinajstić information content (AvgIpc) is 3.21. The summed E-state index contributed by atoms with van der Waals surface area (Å²) in [4.78, 5) is 17.1. The summed E-state index contributed by atoms with van der Waals surface area (Å²) < 4.78 is 47.5. The van der Waals surface area contributed by atoms with Crippen LogP contribution < -0.4 is 14.3 Å². The third-order valence-electron chi connectivity index (χ3n) is 6.13. The number of nitriles is 1. The highest BCUT2D eigenvalue weighted by atomic mass is 32.3. The maximum Gasteiger partial charge on any atom is 0.488 e. The van der Waals surface area contributed by atoms with Crippen molar-refractivity contribution in [2.45, 2.75) is 26.8 Å². The Morgan fingerprint density at radius 1 is 1.11 bits per heavy atom. The van der Waals surface area contributed by atoms with E-state index in [0.29, 0.717) is 56.5 Å². The third kappa shape index (κ3) is 4.27. The highest BCUT2D eigenvalue weighted by Crippen LogP contribution is 2.38. The number of ether oxygens (including phenoxy) is 1. The molecule has 0 fully saturated rings. The number of nitrogens with one attached hydrogen (secondary N) is 1. The molecule has 2 aromatic heterocycles. The number of pyridine rings is 1. The zero-order chi connectivity index (χ0) is 26.5. The Bertz CT molecular complexity index is 1920. The lowest BCUT2D eigenvalue weighted by atomic mass is 10.00. The van der Waals surface area contributed by atoms with Crippen molar-refractivity contribution in [3.05, 3.63) is 70.4 Å². The van der Waals surface area contributed by atoms with Crippen LogP contribution in [0.25, 0.3) is 44.0 Å². The van der Waals surface area contributed by atoms with Crippen molar-refractivity contribution < 1.29 is 21.2 Å². The first-order valence-electron chi connectivity index (χ1n) is 11.6. The molecule has 0 atom stereocenters. The van der Waals surface area contributed by atoms with Gasteiger partial charge in [-0.2, -0.15) is 13.7 Å². The molecule has 5 rings (SSSR count). The first kappa shape index (κ1) is 24.3. The zero-order valence-electron chi connectivity index (χ0n) is 20.2. The molecule has 0 saturated heterocycles. The van der Waals surface area contributed by atoms with Gasteiger partial charge in [0.15, 0.2) is 5.43 Å². The molecule has 2 heterocycles. The van der Waals surface area contributed by atoms with E-state index in [1.54, 1.807) is 42.5 Å². The molecule has 10 heteroatoms. The molecule has 0 unspecified atom stereocenters. The highest BCUT2D eigenvalue weighted by Gasteiger charge is 2.21. The molecule has 3 aromatic carbocycles. The van der Waals surface area contributed by atoms with Crippen LogP contribution in [0.1, 0.15) is 32.4 Å². The van der Waals surface area contributed by atoms with Crippen LogP contribution in [0.4, 0.5) is 3.89 Å². The maximum absolute atomic E-state index is 13.8. The number of H-pyrrole nitrogens is 1. The summed E-state index contributed by atoms with van der Waals surface area (Å²) in [6.45, 7) is 6.11. The summed E-state index contributed by atoms with van der Waals surface area (Å²) in [5, 5.41) is 11.0. The lowest BCUT2D eigenvalue weighted by Crippen LogP contribution is -2.13. The Labute approximate surface area is 211 Å². The van der Waals surface area contributed by atoms with E-state index in [-0.39, 0.29) is 17.2 Å². The third-order valence-corrected chi connectivity index (χ3v) is 6.53. The number of halogens is 1. The lowest BCUT2D eigenvalue weighted by molar-refractivity contribution is 0.342. The molecule has 1 N–H and O–H groups in total. The minimum absolute atomic E-state index is 0.0637. The standard InChI is InChI=1S/C27H22FN3O5S/c1-4-35-24-13-21-23(12-20(24)17-6-5-7-18(11-17)36-37(28,33)34)31(15(2)3)27-25(26(21)32)19-9-8-16(14-29)10-22(19)30-27/h5-13,15,30H,4H2,1-3H3. The van der Waals surface area contributed by atoms with Gasteiger partial charge in [0.2, 0.25) is 0 Å². The molecule has 37 heavy (non-hydrogen) atoms. The molecular weight excluding hydrogens is 497 g/mol. The summed E-state index contributed by atoms with van der Waals surface area (Å²) in [6.07, 6.45) is 0. The largest absolute Gasteiger partial charge is 0.493 e. The molecule has 8 nitrogen and oxygen atoms in total. The van der Waals surface area contributed by atoms with Crippen molar-refractivity contribution in [2.24, 2.45) is 0 Å². The van der Waals surface area contributed by atoms with Gasteiger partial charge in [-0.1, -0.05) is 22.1 Å². The Kier molecular flexibility index (Phi) is 5.88. The van der Waals surface area contributed by atoms with Gasteiger partial charge in [0.05, 0.1) is 34.5 Å². The fourth-order valence-electron chi connectivity index (χ4n) is 4.74. The van der Waals surface area contributed by atoms with Gasteiger partial charge in [-0.3, -0.25) is 4.79 Å². The van der Waals surface area contributed by atoms with Gasteiger partial charge in [0.25, 0.3) is 0 Å². The minimum Gasteiger partial charge on any atom is -0.493 e. The van der Waals surface area contributed by atoms with Gasteiger partial charge in [-0.15, -0.1) is 0 Å². The number of aromatic amines is 1. The molecule has 0 amide bonds. The topological polar surface area (TPSA) is 114 Å². The number of hydrogen-bond donors (Lipinski definition) is 1. The van der Waals surface area contributed by atoms with Gasteiger partial charge >= 0.3 is 10.5 Å². The molecule has 0 spiro atoms. The van der Waals surface area contributed by atoms with Crippen LogP contribution in [0.3, 0.4) is 0 Å². The normalized spacial score (nSPS) is 11.9. The molecule has 0 aliphatic rings. The zero-order valence-corrected chi connectivity index (χ0v) is 21.0. The van der Waals surface area contributed by atoms with E-state index in [4.69, 9.17) is 4.74 Å². The number of aromatic nitrogens is 2. The van der Waals surface area contributed by atoms with E-state index >= 15 is 0 Å².